The van der Waals surface area contributed by atoms with E-state index in [1.54, 1.807) is 24.4 Å². The summed E-state index contributed by atoms with van der Waals surface area (Å²) < 4.78 is 15.4. The number of halogens is 1. The minimum absolute atomic E-state index is 0.195. The van der Waals surface area contributed by atoms with Gasteiger partial charge in [0.15, 0.2) is 5.69 Å². The smallest absolute Gasteiger partial charge is 0.273 e. The van der Waals surface area contributed by atoms with Crippen molar-refractivity contribution in [1.29, 1.82) is 0 Å². The molecule has 0 saturated heterocycles. The van der Waals surface area contributed by atoms with Crippen molar-refractivity contribution in [2.45, 2.75) is 51.6 Å². The van der Waals surface area contributed by atoms with Gasteiger partial charge in [0.1, 0.15) is 5.82 Å². The lowest BCUT2D eigenvalue weighted by molar-refractivity contribution is 0.0905. The average Bonchev–Trinajstić information content (AvgIpc) is 3.07. The Kier molecular flexibility index (Phi) is 4.92. The van der Waals surface area contributed by atoms with Crippen LogP contribution in [0.4, 0.5) is 4.39 Å². The lowest BCUT2D eigenvalue weighted by Crippen LogP contribution is -2.41. The number of carbonyl (C=O) groups excluding carboxylic acids is 1. The number of nitrogens with one attached hydrogen (secondary N) is 1. The van der Waals surface area contributed by atoms with E-state index in [0.29, 0.717) is 11.5 Å². The standard InChI is InChI=1S/C18H23FN4O/c1-12-7-3-6-10-16(12)20-18(24)17-11-23(22-21-17)13(2)14-8-4-5-9-15(14)19/h4-5,8-9,11-13,16H,3,6-7,10H2,1-2H3,(H,20,24)/t12-,13-,16+/m0/s1. The Bertz CT molecular complexity index is 715. The van der Waals surface area contributed by atoms with Gasteiger partial charge in [-0.1, -0.05) is 43.2 Å². The van der Waals surface area contributed by atoms with E-state index >= 15 is 0 Å². The first-order chi connectivity index (χ1) is 11.6. The Morgan fingerprint density at radius 3 is 2.83 bits per heavy atom. The van der Waals surface area contributed by atoms with Crippen LogP contribution in [-0.2, 0) is 0 Å². The summed E-state index contributed by atoms with van der Waals surface area (Å²) in [6.07, 6.45) is 6.10. The molecule has 0 radical (unpaired) electrons. The minimum Gasteiger partial charge on any atom is -0.348 e. The van der Waals surface area contributed by atoms with Crippen LogP contribution in [0.5, 0.6) is 0 Å². The summed E-state index contributed by atoms with van der Waals surface area (Å²) in [6, 6.07) is 6.43. The van der Waals surface area contributed by atoms with Gasteiger partial charge in [0.25, 0.3) is 5.91 Å². The maximum absolute atomic E-state index is 13.9. The maximum atomic E-state index is 13.9. The molecule has 3 atom stereocenters. The van der Waals surface area contributed by atoms with Crippen LogP contribution >= 0.6 is 0 Å². The second-order valence-corrected chi connectivity index (χ2v) is 6.62. The van der Waals surface area contributed by atoms with Crippen molar-refractivity contribution in [1.82, 2.24) is 20.3 Å². The number of amides is 1. The first kappa shape index (κ1) is 16.6. The van der Waals surface area contributed by atoms with E-state index in [4.69, 9.17) is 0 Å². The first-order valence-electron chi connectivity index (χ1n) is 8.53. The van der Waals surface area contributed by atoms with Crippen molar-refractivity contribution in [3.05, 3.63) is 47.5 Å². The van der Waals surface area contributed by atoms with Crippen molar-refractivity contribution in [3.63, 3.8) is 0 Å². The summed E-state index contributed by atoms with van der Waals surface area (Å²) in [5.74, 6) is -0.0154. The fourth-order valence-electron chi connectivity index (χ4n) is 3.30. The first-order valence-corrected chi connectivity index (χ1v) is 8.53. The molecule has 128 valence electrons. The minimum atomic E-state index is -0.325. The molecule has 2 aromatic rings. The molecule has 0 aliphatic heterocycles. The monoisotopic (exact) mass is 330 g/mol. The van der Waals surface area contributed by atoms with Crippen molar-refractivity contribution >= 4 is 5.91 Å². The molecule has 6 heteroatoms. The SMILES string of the molecule is C[C@H]1CCCC[C@H]1NC(=O)c1cn([C@@H](C)c2ccccc2F)nn1. The summed E-state index contributed by atoms with van der Waals surface area (Å²) in [7, 11) is 0. The molecular weight excluding hydrogens is 307 g/mol. The van der Waals surface area contributed by atoms with Gasteiger partial charge >= 0.3 is 0 Å². The zero-order chi connectivity index (χ0) is 17.1. The Balaban J connectivity index is 1.71. The van der Waals surface area contributed by atoms with Gasteiger partial charge in [0, 0.05) is 11.6 Å². The van der Waals surface area contributed by atoms with Crippen LogP contribution in [-0.4, -0.2) is 26.9 Å². The zero-order valence-electron chi connectivity index (χ0n) is 14.1. The van der Waals surface area contributed by atoms with E-state index in [2.05, 4.69) is 22.6 Å². The number of hydrogen-bond acceptors (Lipinski definition) is 3. The summed E-state index contributed by atoms with van der Waals surface area (Å²) in [6.45, 7) is 4.00. The molecule has 1 aliphatic rings. The third kappa shape index (κ3) is 3.47. The third-order valence-corrected chi connectivity index (χ3v) is 4.92. The molecule has 1 amide bonds. The number of aromatic nitrogens is 3. The molecule has 1 aliphatic carbocycles. The predicted octanol–water partition coefficient (Wildman–Crippen LogP) is 3.34. The highest BCUT2D eigenvalue weighted by Crippen LogP contribution is 2.24. The number of rotatable bonds is 4. The Labute approximate surface area is 141 Å². The molecule has 1 saturated carbocycles. The van der Waals surface area contributed by atoms with E-state index in [-0.39, 0.29) is 29.5 Å². The van der Waals surface area contributed by atoms with Crippen LogP contribution < -0.4 is 5.32 Å². The van der Waals surface area contributed by atoms with Crippen molar-refractivity contribution in [2.75, 3.05) is 0 Å². The Morgan fingerprint density at radius 2 is 2.08 bits per heavy atom. The molecular formula is C18H23FN4O. The zero-order valence-corrected chi connectivity index (χ0v) is 14.1. The van der Waals surface area contributed by atoms with Gasteiger partial charge in [-0.3, -0.25) is 4.79 Å². The van der Waals surface area contributed by atoms with E-state index in [1.807, 2.05) is 6.92 Å². The maximum Gasteiger partial charge on any atom is 0.273 e. The molecule has 1 heterocycles. The molecule has 24 heavy (non-hydrogen) atoms. The van der Waals surface area contributed by atoms with Crippen LogP contribution in [0.3, 0.4) is 0 Å². The highest BCUT2D eigenvalue weighted by Gasteiger charge is 2.24. The molecule has 0 bridgehead atoms. The quantitative estimate of drug-likeness (QED) is 0.935. The fourth-order valence-corrected chi connectivity index (χ4v) is 3.30. The van der Waals surface area contributed by atoms with Crippen LogP contribution in [0.25, 0.3) is 0 Å². The molecule has 1 aromatic heterocycles. The van der Waals surface area contributed by atoms with Crippen molar-refractivity contribution < 1.29 is 9.18 Å². The molecule has 3 rings (SSSR count). The number of carbonyl (C=O) groups is 1. The largest absolute Gasteiger partial charge is 0.348 e. The topological polar surface area (TPSA) is 59.8 Å². The predicted molar refractivity (Wildman–Crippen MR) is 89.1 cm³/mol. The molecule has 5 nitrogen and oxygen atoms in total. The number of nitrogens with zero attached hydrogens (tertiary/aromatic N) is 3. The lowest BCUT2D eigenvalue weighted by atomic mass is 9.86. The molecule has 0 spiro atoms. The lowest BCUT2D eigenvalue weighted by Gasteiger charge is -2.29. The van der Waals surface area contributed by atoms with Gasteiger partial charge in [0.05, 0.1) is 12.2 Å². The normalized spacial score (nSPS) is 22.1. The molecule has 1 fully saturated rings. The van der Waals surface area contributed by atoms with E-state index in [0.717, 1.165) is 19.3 Å². The Hall–Kier alpha value is -2.24. The molecule has 1 N–H and O–H groups in total. The van der Waals surface area contributed by atoms with Gasteiger partial charge in [-0.2, -0.15) is 0 Å². The van der Waals surface area contributed by atoms with Crippen molar-refractivity contribution in [3.8, 4) is 0 Å². The summed E-state index contributed by atoms with van der Waals surface area (Å²) >= 11 is 0. The summed E-state index contributed by atoms with van der Waals surface area (Å²) in [5, 5.41) is 11.0. The second-order valence-electron chi connectivity index (χ2n) is 6.62. The highest BCUT2D eigenvalue weighted by molar-refractivity contribution is 5.92. The molecule has 0 unspecified atom stereocenters. The van der Waals surface area contributed by atoms with Gasteiger partial charge in [-0.05, 0) is 31.7 Å². The van der Waals surface area contributed by atoms with Crippen LogP contribution in [0.2, 0.25) is 0 Å². The number of hydrogen-bond donors (Lipinski definition) is 1. The van der Waals surface area contributed by atoms with Crippen LogP contribution in [0.1, 0.15) is 61.6 Å². The van der Waals surface area contributed by atoms with Crippen LogP contribution in [0.15, 0.2) is 30.5 Å². The Morgan fingerprint density at radius 1 is 1.33 bits per heavy atom. The van der Waals surface area contributed by atoms with Gasteiger partial charge in [-0.25, -0.2) is 9.07 Å². The third-order valence-electron chi connectivity index (χ3n) is 4.92. The fraction of sp³-hybridized carbons (Fsp3) is 0.500. The second kappa shape index (κ2) is 7.11. The summed E-state index contributed by atoms with van der Waals surface area (Å²) in [5.41, 5.74) is 0.797. The van der Waals surface area contributed by atoms with Crippen LogP contribution in [0, 0.1) is 11.7 Å². The van der Waals surface area contributed by atoms with Crippen molar-refractivity contribution in [2.24, 2.45) is 5.92 Å². The average molecular weight is 330 g/mol. The van der Waals surface area contributed by atoms with Gasteiger partial charge < -0.3 is 5.32 Å². The highest BCUT2D eigenvalue weighted by atomic mass is 19.1. The summed E-state index contributed by atoms with van der Waals surface area (Å²) in [4.78, 5) is 12.4. The van der Waals surface area contributed by atoms with E-state index in [9.17, 15) is 9.18 Å². The number of benzene rings is 1. The molecule has 1 aromatic carbocycles. The van der Waals surface area contributed by atoms with Gasteiger partial charge in [0.2, 0.25) is 0 Å². The van der Waals surface area contributed by atoms with E-state index in [1.165, 1.54) is 17.2 Å². The van der Waals surface area contributed by atoms with Gasteiger partial charge in [-0.15, -0.1) is 5.10 Å². The van der Waals surface area contributed by atoms with E-state index < -0.39 is 0 Å².